The van der Waals surface area contributed by atoms with Crippen LogP contribution in [0.5, 0.6) is 0 Å². The van der Waals surface area contributed by atoms with Gasteiger partial charge in [0.05, 0.1) is 19.1 Å². The van der Waals surface area contributed by atoms with Crippen molar-refractivity contribution >= 4 is 29.3 Å². The summed E-state index contributed by atoms with van der Waals surface area (Å²) in [5.74, 6) is 0. The molecule has 2 nitrogen and oxygen atoms in total. The zero-order valence-electron chi connectivity index (χ0n) is 3.97. The fourth-order valence-corrected chi connectivity index (χ4v) is 0.804. The van der Waals surface area contributed by atoms with E-state index in [0.29, 0.717) is 13.0 Å². The third-order valence-electron chi connectivity index (χ3n) is 0.403. The Balaban J connectivity index is 2.85. The third kappa shape index (κ3) is 6.46. The lowest BCUT2D eigenvalue weighted by Crippen LogP contribution is -1.80. The highest BCUT2D eigenvalue weighted by Gasteiger charge is 1.95. The van der Waals surface area contributed by atoms with E-state index in [0.717, 1.165) is 0 Å². The number of hydrogen-bond donors (Lipinski definition) is 0. The smallest absolute Gasteiger partial charge is 0.225 e. The fourth-order valence-electron chi connectivity index (χ4n) is 0.160. The maximum absolute atomic E-state index is 7.97. The van der Waals surface area contributed by atoms with Gasteiger partial charge in [-0.15, -0.1) is 0 Å². The molecular weight excluding hydrogens is 168 g/mol. The summed E-state index contributed by atoms with van der Waals surface area (Å²) in [6, 6.07) is 1.89. The van der Waals surface area contributed by atoms with Crippen LogP contribution < -0.4 is 0 Å². The topological polar surface area (TPSA) is 33.0 Å². The van der Waals surface area contributed by atoms with Gasteiger partial charge in [0.25, 0.3) is 0 Å². The molecule has 0 aliphatic heterocycles. The highest BCUT2D eigenvalue weighted by molar-refractivity contribution is 8.00. The summed E-state index contributed by atoms with van der Waals surface area (Å²) in [6.07, 6.45) is 0.346. The van der Waals surface area contributed by atoms with Gasteiger partial charge in [0.1, 0.15) is 0 Å². The minimum absolute atomic E-state index is 0.329. The first kappa shape index (κ1) is 8.46. The fraction of sp³-hybridized carbons (Fsp3) is 0.667. The molecule has 0 bridgehead atoms. The highest BCUT2D eigenvalue weighted by Crippen LogP contribution is 2.47. The summed E-state index contributed by atoms with van der Waals surface area (Å²) in [7, 11) is 0. The van der Waals surface area contributed by atoms with Gasteiger partial charge in [0.15, 0.2) is 0 Å². The predicted molar refractivity (Wildman–Crippen MR) is 34.8 cm³/mol. The van der Waals surface area contributed by atoms with Crippen LogP contribution in [-0.2, 0) is 4.52 Å². The van der Waals surface area contributed by atoms with E-state index in [1.54, 1.807) is 0 Å². The first-order valence-electron chi connectivity index (χ1n) is 1.89. The van der Waals surface area contributed by atoms with E-state index in [4.69, 9.17) is 27.7 Å². The number of nitrogens with zero attached hydrogens (tertiary/aromatic N) is 1. The average molecular weight is 172 g/mol. The van der Waals surface area contributed by atoms with Gasteiger partial charge in [-0.2, -0.15) is 5.26 Å². The zero-order valence-corrected chi connectivity index (χ0v) is 6.38. The van der Waals surface area contributed by atoms with Gasteiger partial charge in [0, 0.05) is 0 Å². The standard InChI is InChI=1S/C3H4Cl2NOP/c4-8(5)7-3-1-2-6/h1,3H2. The molecule has 5 heteroatoms. The van der Waals surface area contributed by atoms with Crippen molar-refractivity contribution in [1.82, 2.24) is 0 Å². The molecule has 0 saturated heterocycles. The van der Waals surface area contributed by atoms with Gasteiger partial charge in [-0.05, 0) is 22.5 Å². The number of halogens is 2. The van der Waals surface area contributed by atoms with Crippen LogP contribution in [0.3, 0.4) is 0 Å². The average Bonchev–Trinajstić information content (AvgIpc) is 1.66. The Kier molecular flexibility index (Phi) is 5.92. The molecule has 0 heterocycles. The lowest BCUT2D eigenvalue weighted by atomic mass is 10.5. The van der Waals surface area contributed by atoms with E-state index in [-0.39, 0.29) is 0 Å². The summed E-state index contributed by atoms with van der Waals surface area (Å²) in [5, 5.41) is 7.97. The summed E-state index contributed by atoms with van der Waals surface area (Å²) >= 11 is 10.4. The first-order valence-corrected chi connectivity index (χ1v) is 4.96. The van der Waals surface area contributed by atoms with Crippen LogP contribution in [-0.4, -0.2) is 6.61 Å². The minimum Gasteiger partial charge on any atom is -0.331 e. The van der Waals surface area contributed by atoms with Crippen molar-refractivity contribution < 1.29 is 4.52 Å². The molecular formula is C3H4Cl2NOP. The van der Waals surface area contributed by atoms with Crippen molar-refractivity contribution in [3.05, 3.63) is 0 Å². The molecule has 0 amide bonds. The van der Waals surface area contributed by atoms with Crippen molar-refractivity contribution in [2.24, 2.45) is 0 Å². The Hall–Kier alpha value is 0.460. The Labute approximate surface area is 58.8 Å². The van der Waals surface area contributed by atoms with Gasteiger partial charge in [-0.25, -0.2) is 0 Å². The number of rotatable bonds is 3. The third-order valence-corrected chi connectivity index (χ3v) is 1.37. The van der Waals surface area contributed by atoms with Gasteiger partial charge in [0.2, 0.25) is 6.85 Å². The lowest BCUT2D eigenvalue weighted by molar-refractivity contribution is 0.377. The van der Waals surface area contributed by atoms with Crippen LogP contribution in [0.4, 0.5) is 0 Å². The number of hydrogen-bond acceptors (Lipinski definition) is 2. The van der Waals surface area contributed by atoms with Crippen molar-refractivity contribution in [2.75, 3.05) is 6.61 Å². The summed E-state index contributed by atoms with van der Waals surface area (Å²) in [6.45, 7) is -0.990. The molecule has 0 radical (unpaired) electrons. The quantitative estimate of drug-likeness (QED) is 0.484. The van der Waals surface area contributed by atoms with E-state index < -0.39 is 6.85 Å². The second-order valence-corrected chi connectivity index (χ2v) is 3.97. The molecule has 0 atom stereocenters. The maximum Gasteiger partial charge on any atom is 0.225 e. The van der Waals surface area contributed by atoms with Gasteiger partial charge < -0.3 is 4.52 Å². The molecule has 0 N–H and O–H groups in total. The SMILES string of the molecule is N#CCCOP(Cl)Cl. The van der Waals surface area contributed by atoms with Crippen molar-refractivity contribution in [3.8, 4) is 6.07 Å². The molecule has 46 valence electrons. The van der Waals surface area contributed by atoms with Gasteiger partial charge in [-0.3, -0.25) is 0 Å². The first-order chi connectivity index (χ1) is 3.77. The normalized spacial score (nSPS) is 9.25. The largest absolute Gasteiger partial charge is 0.331 e. The Bertz CT molecular complexity index is 91.8. The molecule has 0 spiro atoms. The van der Waals surface area contributed by atoms with E-state index >= 15 is 0 Å². The van der Waals surface area contributed by atoms with Crippen molar-refractivity contribution in [1.29, 1.82) is 5.26 Å². The molecule has 8 heavy (non-hydrogen) atoms. The predicted octanol–water partition coefficient (Wildman–Crippen LogP) is 2.62. The monoisotopic (exact) mass is 171 g/mol. The second kappa shape index (κ2) is 5.59. The van der Waals surface area contributed by atoms with Gasteiger partial charge >= 0.3 is 0 Å². The van der Waals surface area contributed by atoms with Gasteiger partial charge in [-0.1, -0.05) is 0 Å². The highest BCUT2D eigenvalue weighted by atomic mass is 35.9. The van der Waals surface area contributed by atoms with E-state index in [1.807, 2.05) is 6.07 Å². The van der Waals surface area contributed by atoms with Crippen LogP contribution in [0.2, 0.25) is 0 Å². The Morgan fingerprint density at radius 3 is 2.62 bits per heavy atom. The van der Waals surface area contributed by atoms with Crippen LogP contribution in [0.25, 0.3) is 0 Å². The molecule has 0 saturated carbocycles. The van der Waals surface area contributed by atoms with Crippen LogP contribution in [0.15, 0.2) is 0 Å². The Morgan fingerprint density at radius 2 is 2.25 bits per heavy atom. The van der Waals surface area contributed by atoms with Crippen molar-refractivity contribution in [3.63, 3.8) is 0 Å². The summed E-state index contributed by atoms with van der Waals surface area (Å²) in [5.41, 5.74) is 0. The maximum atomic E-state index is 7.97. The minimum atomic E-state index is -1.32. The Morgan fingerprint density at radius 1 is 1.62 bits per heavy atom. The van der Waals surface area contributed by atoms with Crippen molar-refractivity contribution in [2.45, 2.75) is 6.42 Å². The molecule has 0 aromatic carbocycles. The van der Waals surface area contributed by atoms with Crippen LogP contribution in [0, 0.1) is 11.3 Å². The summed E-state index contributed by atoms with van der Waals surface area (Å²) < 4.78 is 4.66. The second-order valence-electron chi connectivity index (χ2n) is 0.943. The molecule has 0 aliphatic carbocycles. The molecule has 0 aromatic rings. The molecule has 0 fully saturated rings. The van der Waals surface area contributed by atoms with E-state index in [2.05, 4.69) is 4.52 Å². The molecule has 0 unspecified atom stereocenters. The van der Waals surface area contributed by atoms with Crippen LogP contribution >= 0.6 is 29.3 Å². The summed E-state index contributed by atoms with van der Waals surface area (Å²) in [4.78, 5) is 0. The van der Waals surface area contributed by atoms with E-state index in [9.17, 15) is 0 Å². The molecule has 0 rings (SSSR count). The van der Waals surface area contributed by atoms with Crippen LogP contribution in [0.1, 0.15) is 6.42 Å². The molecule has 0 aromatic heterocycles. The number of nitriles is 1. The molecule has 0 aliphatic rings. The zero-order chi connectivity index (χ0) is 6.41. The van der Waals surface area contributed by atoms with E-state index in [1.165, 1.54) is 0 Å². The lowest BCUT2D eigenvalue weighted by Gasteiger charge is -1.96.